The number of rotatable bonds is 6. The molecule has 0 aromatic carbocycles. The van der Waals surface area contributed by atoms with E-state index < -0.39 is 5.91 Å². The molecule has 0 bridgehead atoms. The zero-order valence-electron chi connectivity index (χ0n) is 13.2. The van der Waals surface area contributed by atoms with E-state index in [-0.39, 0.29) is 17.2 Å². The van der Waals surface area contributed by atoms with Gasteiger partial charge >= 0.3 is 4.87 Å². The van der Waals surface area contributed by atoms with Gasteiger partial charge in [-0.25, -0.2) is 4.98 Å². The Morgan fingerprint density at radius 3 is 2.80 bits per heavy atom. The molecule has 0 saturated carbocycles. The number of primary amides is 1. The van der Waals surface area contributed by atoms with Crippen molar-refractivity contribution in [3.05, 3.63) is 44.1 Å². The second kappa shape index (κ2) is 7.03. The van der Waals surface area contributed by atoms with Gasteiger partial charge in [0.05, 0.1) is 5.69 Å². The maximum atomic E-state index is 12.0. The first-order valence-corrected chi connectivity index (χ1v) is 9.09. The average Bonchev–Trinajstić information content (AvgIpc) is 3.27. The number of nitrogens with zero attached hydrogens (tertiary/aromatic N) is 2. The van der Waals surface area contributed by atoms with E-state index in [9.17, 15) is 14.4 Å². The van der Waals surface area contributed by atoms with Gasteiger partial charge in [-0.2, -0.15) is 0 Å². The van der Waals surface area contributed by atoms with Crippen LogP contribution >= 0.6 is 22.7 Å². The number of H-pyrrole nitrogens is 1. The normalized spacial score (nSPS) is 10.8. The van der Waals surface area contributed by atoms with Gasteiger partial charge in [-0.1, -0.05) is 11.3 Å². The van der Waals surface area contributed by atoms with Gasteiger partial charge in [0.25, 0.3) is 5.91 Å². The zero-order valence-corrected chi connectivity index (χ0v) is 14.9. The van der Waals surface area contributed by atoms with Crippen molar-refractivity contribution in [1.82, 2.24) is 14.5 Å². The topological polar surface area (TPSA) is 123 Å². The number of hydrogen-bond donors (Lipinski definition) is 3. The van der Waals surface area contributed by atoms with E-state index in [1.165, 1.54) is 11.3 Å². The number of carbonyl (C=O) groups is 2. The average molecular weight is 377 g/mol. The standard InChI is InChI=1S/C15H15N5O3S2/c1-8-6-25-15(23)20(8)3-2-12(21)19-14-18-11(7-24-14)9-4-10(13(16)22)17-5-9/h4-7,17H,2-3H2,1H3,(H2,16,22)(H,18,19,21). The Balaban J connectivity index is 1.61. The van der Waals surface area contributed by atoms with E-state index in [1.807, 2.05) is 6.92 Å². The molecule has 25 heavy (non-hydrogen) atoms. The second-order valence-electron chi connectivity index (χ2n) is 5.30. The van der Waals surface area contributed by atoms with Crippen LogP contribution in [0.5, 0.6) is 0 Å². The van der Waals surface area contributed by atoms with Crippen molar-refractivity contribution in [2.24, 2.45) is 5.73 Å². The Kier molecular flexibility index (Phi) is 4.81. The molecule has 4 N–H and O–H groups in total. The fourth-order valence-electron chi connectivity index (χ4n) is 2.22. The van der Waals surface area contributed by atoms with Crippen LogP contribution < -0.4 is 15.9 Å². The number of nitrogens with two attached hydrogens (primary N) is 1. The molecular weight excluding hydrogens is 362 g/mol. The molecule has 0 radical (unpaired) electrons. The van der Waals surface area contributed by atoms with Gasteiger partial charge in [0, 0.05) is 41.2 Å². The van der Waals surface area contributed by atoms with Gasteiger partial charge in [0.15, 0.2) is 5.13 Å². The fourth-order valence-corrected chi connectivity index (χ4v) is 3.71. The molecule has 0 atom stereocenters. The third-order valence-corrected chi connectivity index (χ3v) is 5.17. The molecule has 0 fully saturated rings. The van der Waals surface area contributed by atoms with Crippen LogP contribution in [0.3, 0.4) is 0 Å². The van der Waals surface area contributed by atoms with Crippen molar-refractivity contribution in [3.63, 3.8) is 0 Å². The van der Waals surface area contributed by atoms with E-state index in [0.29, 0.717) is 28.6 Å². The highest BCUT2D eigenvalue weighted by Crippen LogP contribution is 2.25. The molecule has 3 rings (SSSR count). The first-order chi connectivity index (χ1) is 11.9. The molecule has 3 aromatic heterocycles. The molecule has 0 aliphatic rings. The van der Waals surface area contributed by atoms with Crippen molar-refractivity contribution in [1.29, 1.82) is 0 Å². The van der Waals surface area contributed by atoms with Crippen molar-refractivity contribution in [2.45, 2.75) is 19.9 Å². The van der Waals surface area contributed by atoms with Crippen LogP contribution in [0.4, 0.5) is 5.13 Å². The van der Waals surface area contributed by atoms with Gasteiger partial charge < -0.3 is 20.6 Å². The summed E-state index contributed by atoms with van der Waals surface area (Å²) in [4.78, 5) is 41.8. The maximum absolute atomic E-state index is 12.0. The first-order valence-electron chi connectivity index (χ1n) is 7.33. The van der Waals surface area contributed by atoms with Crippen LogP contribution in [0, 0.1) is 6.92 Å². The van der Waals surface area contributed by atoms with Gasteiger partial charge in [-0.3, -0.25) is 14.4 Å². The molecule has 2 amide bonds. The van der Waals surface area contributed by atoms with Gasteiger partial charge in [-0.05, 0) is 13.0 Å². The lowest BCUT2D eigenvalue weighted by molar-refractivity contribution is -0.116. The Bertz CT molecular complexity index is 981. The van der Waals surface area contributed by atoms with Crippen LogP contribution in [0.15, 0.2) is 27.8 Å². The minimum atomic E-state index is -0.547. The predicted molar refractivity (Wildman–Crippen MR) is 97.0 cm³/mol. The summed E-state index contributed by atoms with van der Waals surface area (Å²) in [6, 6.07) is 1.61. The number of thiazole rings is 2. The molecule has 3 heterocycles. The number of anilines is 1. The monoisotopic (exact) mass is 377 g/mol. The van der Waals surface area contributed by atoms with Crippen LogP contribution in [-0.2, 0) is 11.3 Å². The van der Waals surface area contributed by atoms with E-state index in [2.05, 4.69) is 15.3 Å². The quantitative estimate of drug-likeness (QED) is 0.606. The van der Waals surface area contributed by atoms with E-state index in [1.54, 1.807) is 27.6 Å². The molecule has 0 spiro atoms. The van der Waals surface area contributed by atoms with Crippen LogP contribution in [0.1, 0.15) is 22.6 Å². The summed E-state index contributed by atoms with van der Waals surface area (Å²) in [5.41, 5.74) is 7.69. The number of hydrogen-bond acceptors (Lipinski definition) is 6. The number of aromatic nitrogens is 3. The third-order valence-electron chi connectivity index (χ3n) is 3.53. The molecule has 0 unspecified atom stereocenters. The summed E-state index contributed by atoms with van der Waals surface area (Å²) in [6.07, 6.45) is 1.81. The Hall–Kier alpha value is -2.72. The Morgan fingerprint density at radius 2 is 2.16 bits per heavy atom. The molecule has 8 nitrogen and oxygen atoms in total. The number of aromatic amines is 1. The molecule has 130 valence electrons. The smallest absolute Gasteiger partial charge is 0.307 e. The van der Waals surface area contributed by atoms with Crippen molar-refractivity contribution >= 4 is 39.6 Å². The summed E-state index contributed by atoms with van der Waals surface area (Å²) >= 11 is 2.40. The van der Waals surface area contributed by atoms with Crippen LogP contribution in [0.2, 0.25) is 0 Å². The van der Waals surface area contributed by atoms with Crippen molar-refractivity contribution in [2.75, 3.05) is 5.32 Å². The lowest BCUT2D eigenvalue weighted by Crippen LogP contribution is -2.20. The SMILES string of the molecule is Cc1csc(=O)n1CCC(=O)Nc1nc(-c2c[nH]c(C(N)=O)c2)cs1. The van der Waals surface area contributed by atoms with Crippen molar-refractivity contribution < 1.29 is 9.59 Å². The fraction of sp³-hybridized carbons (Fsp3) is 0.200. The summed E-state index contributed by atoms with van der Waals surface area (Å²) < 4.78 is 1.57. The second-order valence-corrected chi connectivity index (χ2v) is 6.98. The molecule has 10 heteroatoms. The van der Waals surface area contributed by atoms with Gasteiger partial charge in [0.2, 0.25) is 5.91 Å². The van der Waals surface area contributed by atoms with Crippen LogP contribution in [0.25, 0.3) is 11.3 Å². The van der Waals surface area contributed by atoms with Crippen LogP contribution in [-0.4, -0.2) is 26.3 Å². The minimum Gasteiger partial charge on any atom is -0.364 e. The zero-order chi connectivity index (χ0) is 18.0. The Morgan fingerprint density at radius 1 is 1.36 bits per heavy atom. The number of aryl methyl sites for hydroxylation is 1. The molecule has 3 aromatic rings. The third kappa shape index (κ3) is 3.86. The summed E-state index contributed by atoms with van der Waals surface area (Å²) in [7, 11) is 0. The lowest BCUT2D eigenvalue weighted by atomic mass is 10.2. The number of nitrogens with one attached hydrogen (secondary N) is 2. The summed E-state index contributed by atoms with van der Waals surface area (Å²) in [6.45, 7) is 2.16. The highest BCUT2D eigenvalue weighted by molar-refractivity contribution is 7.14. The molecule has 0 saturated heterocycles. The van der Waals surface area contributed by atoms with E-state index >= 15 is 0 Å². The summed E-state index contributed by atoms with van der Waals surface area (Å²) in [5, 5.41) is 6.72. The predicted octanol–water partition coefficient (Wildman–Crippen LogP) is 1.80. The highest BCUT2D eigenvalue weighted by Gasteiger charge is 2.12. The molecular formula is C15H15N5O3S2. The molecule has 0 aliphatic heterocycles. The van der Waals surface area contributed by atoms with Crippen molar-refractivity contribution in [3.8, 4) is 11.3 Å². The van der Waals surface area contributed by atoms with Gasteiger partial charge in [0.1, 0.15) is 5.69 Å². The largest absolute Gasteiger partial charge is 0.364 e. The van der Waals surface area contributed by atoms with E-state index in [4.69, 9.17) is 5.73 Å². The minimum absolute atomic E-state index is 0.0699. The van der Waals surface area contributed by atoms with E-state index in [0.717, 1.165) is 17.0 Å². The summed E-state index contributed by atoms with van der Waals surface area (Å²) in [5.74, 6) is -0.765. The number of amides is 2. The maximum Gasteiger partial charge on any atom is 0.307 e. The number of carbonyl (C=O) groups excluding carboxylic acids is 2. The highest BCUT2D eigenvalue weighted by atomic mass is 32.1. The Labute approximate surface area is 150 Å². The van der Waals surface area contributed by atoms with Gasteiger partial charge in [-0.15, -0.1) is 11.3 Å². The molecule has 0 aliphatic carbocycles. The lowest BCUT2D eigenvalue weighted by Gasteiger charge is -2.04. The first kappa shape index (κ1) is 17.1.